The molecule has 2 saturated heterocycles. The van der Waals surface area contributed by atoms with Crippen LogP contribution in [0, 0.1) is 0 Å². The molecule has 1 atom stereocenters. The third-order valence-electron chi connectivity index (χ3n) is 7.24. The molecule has 4 rings (SSSR count). The average molecular weight is 402 g/mol. The Labute approximate surface area is 176 Å². The fourth-order valence-corrected chi connectivity index (χ4v) is 5.45. The first-order chi connectivity index (χ1) is 14.2. The second-order valence-electron chi connectivity index (χ2n) is 9.24. The van der Waals surface area contributed by atoms with Crippen LogP contribution in [0.25, 0.3) is 0 Å². The topological polar surface area (TPSA) is 44.6 Å². The first kappa shape index (κ1) is 20.9. The highest BCUT2D eigenvalue weighted by Gasteiger charge is 2.33. The van der Waals surface area contributed by atoms with E-state index in [1.165, 1.54) is 62.9 Å². The summed E-state index contributed by atoms with van der Waals surface area (Å²) in [5, 5.41) is 4.84. The van der Waals surface area contributed by atoms with E-state index in [1.807, 2.05) is 4.90 Å². The van der Waals surface area contributed by atoms with E-state index in [4.69, 9.17) is 5.10 Å². The number of fused-ring (bicyclic) bond motifs is 1. The van der Waals surface area contributed by atoms with Crippen LogP contribution in [0.4, 0.5) is 0 Å². The molecule has 1 amide bonds. The molecular formula is C23H39N5O. The van der Waals surface area contributed by atoms with Gasteiger partial charge in [-0.15, -0.1) is 0 Å². The Morgan fingerprint density at radius 1 is 0.966 bits per heavy atom. The van der Waals surface area contributed by atoms with Crippen LogP contribution in [-0.4, -0.2) is 82.7 Å². The molecular weight excluding hydrogens is 362 g/mol. The van der Waals surface area contributed by atoms with Gasteiger partial charge in [0.1, 0.15) is 0 Å². The first-order valence-corrected chi connectivity index (χ1v) is 12.0. The van der Waals surface area contributed by atoms with Gasteiger partial charge in [-0.2, -0.15) is 5.10 Å². The van der Waals surface area contributed by atoms with Crippen LogP contribution < -0.4 is 0 Å². The molecule has 0 spiro atoms. The molecule has 0 saturated carbocycles. The van der Waals surface area contributed by atoms with E-state index in [1.54, 1.807) is 0 Å². The zero-order valence-electron chi connectivity index (χ0n) is 18.5. The van der Waals surface area contributed by atoms with Crippen molar-refractivity contribution in [2.45, 2.75) is 77.3 Å². The Bertz CT molecular complexity index is 692. The Morgan fingerprint density at radius 2 is 1.72 bits per heavy atom. The Balaban J connectivity index is 1.54. The highest BCUT2D eigenvalue weighted by atomic mass is 16.2. The van der Waals surface area contributed by atoms with Gasteiger partial charge in [0.15, 0.2) is 5.69 Å². The first-order valence-electron chi connectivity index (χ1n) is 12.0. The molecule has 1 aromatic heterocycles. The van der Waals surface area contributed by atoms with Gasteiger partial charge in [0, 0.05) is 43.5 Å². The van der Waals surface area contributed by atoms with Crippen molar-refractivity contribution in [1.29, 1.82) is 0 Å². The van der Waals surface area contributed by atoms with Crippen molar-refractivity contribution in [3.8, 4) is 0 Å². The number of rotatable bonds is 3. The van der Waals surface area contributed by atoms with Gasteiger partial charge in [-0.25, -0.2) is 0 Å². The maximum atomic E-state index is 13.5. The van der Waals surface area contributed by atoms with Gasteiger partial charge >= 0.3 is 0 Å². The van der Waals surface area contributed by atoms with Crippen LogP contribution in [-0.2, 0) is 19.4 Å². The van der Waals surface area contributed by atoms with Crippen molar-refractivity contribution in [2.24, 2.45) is 0 Å². The lowest BCUT2D eigenvalue weighted by Gasteiger charge is -2.35. The molecule has 3 heterocycles. The number of aryl methyl sites for hydroxylation is 1. The van der Waals surface area contributed by atoms with Crippen LogP contribution in [0.15, 0.2) is 0 Å². The predicted octanol–water partition coefficient (Wildman–Crippen LogP) is 2.80. The molecule has 0 bridgehead atoms. The fraction of sp³-hybridized carbons (Fsp3) is 0.826. The number of nitrogens with zero attached hydrogens (tertiary/aromatic N) is 5. The van der Waals surface area contributed by atoms with Crippen LogP contribution in [0.1, 0.15) is 73.6 Å². The molecule has 0 N–H and O–H groups in total. The van der Waals surface area contributed by atoms with Crippen molar-refractivity contribution in [2.75, 3.05) is 46.3 Å². The van der Waals surface area contributed by atoms with Gasteiger partial charge in [0.25, 0.3) is 5.91 Å². The van der Waals surface area contributed by atoms with Crippen molar-refractivity contribution < 1.29 is 4.79 Å². The van der Waals surface area contributed by atoms with E-state index < -0.39 is 0 Å². The van der Waals surface area contributed by atoms with E-state index in [0.717, 1.165) is 57.7 Å². The fourth-order valence-electron chi connectivity index (χ4n) is 5.45. The summed E-state index contributed by atoms with van der Waals surface area (Å²) in [4.78, 5) is 20.6. The lowest BCUT2D eigenvalue weighted by Crippen LogP contribution is -2.42. The van der Waals surface area contributed by atoms with Gasteiger partial charge in [-0.1, -0.05) is 19.3 Å². The number of aromatic nitrogens is 2. The molecule has 3 aliphatic rings. The summed E-state index contributed by atoms with van der Waals surface area (Å²) in [6.45, 7) is 9.15. The second-order valence-corrected chi connectivity index (χ2v) is 9.24. The normalized spacial score (nSPS) is 25.2. The molecule has 6 heteroatoms. The number of amides is 1. The molecule has 0 radical (unpaired) electrons. The standard InChI is InChI=1S/C23H39N5O/c1-3-28-21-11-10-19(26-13-7-5-4-6-8-14-26)18-20(21)22(24-28)23(29)27-15-9-12-25(2)16-17-27/h19H,3-18H2,1-2H3. The molecule has 0 aromatic carbocycles. The van der Waals surface area contributed by atoms with E-state index in [0.29, 0.717) is 6.04 Å². The van der Waals surface area contributed by atoms with Gasteiger partial charge in [0.05, 0.1) is 0 Å². The van der Waals surface area contributed by atoms with Crippen molar-refractivity contribution in [3.63, 3.8) is 0 Å². The molecule has 2 fully saturated rings. The summed E-state index contributed by atoms with van der Waals surface area (Å²) >= 11 is 0. The van der Waals surface area contributed by atoms with Gasteiger partial charge in [-0.05, 0) is 72.1 Å². The lowest BCUT2D eigenvalue weighted by atomic mass is 9.89. The minimum Gasteiger partial charge on any atom is -0.336 e. The van der Waals surface area contributed by atoms with Gasteiger partial charge in [-0.3, -0.25) is 9.48 Å². The second kappa shape index (κ2) is 9.61. The average Bonchev–Trinajstić information content (AvgIpc) is 2.93. The zero-order chi connectivity index (χ0) is 20.2. The Morgan fingerprint density at radius 3 is 2.48 bits per heavy atom. The SMILES string of the molecule is CCn1nc(C(=O)N2CCCN(C)CC2)c2c1CCC(N1CCCCCCC1)C2. The highest BCUT2D eigenvalue weighted by molar-refractivity contribution is 5.94. The summed E-state index contributed by atoms with van der Waals surface area (Å²) < 4.78 is 2.11. The lowest BCUT2D eigenvalue weighted by molar-refractivity contribution is 0.0754. The van der Waals surface area contributed by atoms with Crippen molar-refractivity contribution in [3.05, 3.63) is 17.0 Å². The predicted molar refractivity (Wildman–Crippen MR) is 116 cm³/mol. The molecule has 29 heavy (non-hydrogen) atoms. The molecule has 162 valence electrons. The van der Waals surface area contributed by atoms with Crippen molar-refractivity contribution >= 4 is 5.91 Å². The Hall–Kier alpha value is -1.40. The summed E-state index contributed by atoms with van der Waals surface area (Å²) in [7, 11) is 2.15. The smallest absolute Gasteiger partial charge is 0.274 e. The summed E-state index contributed by atoms with van der Waals surface area (Å²) in [5.74, 6) is 0.164. The minimum absolute atomic E-state index is 0.164. The summed E-state index contributed by atoms with van der Waals surface area (Å²) in [6, 6.07) is 0.580. The Kier molecular flexibility index (Phi) is 6.91. The molecule has 1 unspecified atom stereocenters. The molecule has 6 nitrogen and oxygen atoms in total. The van der Waals surface area contributed by atoms with E-state index in [2.05, 4.69) is 28.5 Å². The van der Waals surface area contributed by atoms with E-state index >= 15 is 0 Å². The summed E-state index contributed by atoms with van der Waals surface area (Å²) in [5.41, 5.74) is 3.34. The number of carbonyl (C=O) groups is 1. The maximum Gasteiger partial charge on any atom is 0.274 e. The third-order valence-corrected chi connectivity index (χ3v) is 7.24. The monoisotopic (exact) mass is 401 g/mol. The van der Waals surface area contributed by atoms with E-state index in [9.17, 15) is 4.79 Å². The van der Waals surface area contributed by atoms with Crippen LogP contribution >= 0.6 is 0 Å². The number of hydrogen-bond donors (Lipinski definition) is 0. The zero-order valence-corrected chi connectivity index (χ0v) is 18.5. The largest absolute Gasteiger partial charge is 0.336 e. The molecule has 1 aliphatic carbocycles. The molecule has 2 aliphatic heterocycles. The number of carbonyl (C=O) groups excluding carboxylic acids is 1. The minimum atomic E-state index is 0.164. The van der Waals surface area contributed by atoms with Crippen molar-refractivity contribution in [1.82, 2.24) is 24.5 Å². The van der Waals surface area contributed by atoms with E-state index in [-0.39, 0.29) is 5.91 Å². The number of likely N-dealkylation sites (tertiary alicyclic amines) is 1. The quantitative estimate of drug-likeness (QED) is 0.781. The maximum absolute atomic E-state index is 13.5. The summed E-state index contributed by atoms with van der Waals surface area (Å²) in [6.07, 6.45) is 11.1. The number of hydrogen-bond acceptors (Lipinski definition) is 4. The third kappa shape index (κ3) is 4.69. The highest BCUT2D eigenvalue weighted by Crippen LogP contribution is 2.29. The van der Waals surface area contributed by atoms with Gasteiger partial charge < -0.3 is 14.7 Å². The number of likely N-dealkylation sites (N-methyl/N-ethyl adjacent to an activating group) is 1. The van der Waals surface area contributed by atoms with Gasteiger partial charge in [0.2, 0.25) is 0 Å². The van der Waals surface area contributed by atoms with Crippen LogP contribution in [0.5, 0.6) is 0 Å². The van der Waals surface area contributed by atoms with Crippen LogP contribution in [0.3, 0.4) is 0 Å². The van der Waals surface area contributed by atoms with Crippen LogP contribution in [0.2, 0.25) is 0 Å². The molecule has 1 aromatic rings.